The molecule has 3 aliphatic rings. The zero-order valence-electron chi connectivity index (χ0n) is 16.8. The van der Waals surface area contributed by atoms with Gasteiger partial charge in [-0.3, -0.25) is 0 Å². The van der Waals surface area contributed by atoms with Gasteiger partial charge in [0.05, 0.1) is 6.61 Å². The van der Waals surface area contributed by atoms with Crippen molar-refractivity contribution in [3.05, 3.63) is 52.1 Å². The third-order valence-electron chi connectivity index (χ3n) is 6.51. The zero-order chi connectivity index (χ0) is 20.7. The summed E-state index contributed by atoms with van der Waals surface area (Å²) in [5.41, 5.74) is 12.4. The van der Waals surface area contributed by atoms with Crippen LogP contribution in [0, 0.1) is 12.8 Å². The summed E-state index contributed by atoms with van der Waals surface area (Å²) in [6, 6.07) is 3.79. The van der Waals surface area contributed by atoms with Crippen LogP contribution >= 0.6 is 0 Å². The van der Waals surface area contributed by atoms with Crippen LogP contribution in [0.5, 0.6) is 0 Å². The van der Waals surface area contributed by atoms with Gasteiger partial charge >= 0.3 is 0 Å². The fraction of sp³-hybridized carbons (Fsp3) is 0.565. The Hall–Kier alpha value is -1.70. The van der Waals surface area contributed by atoms with Crippen LogP contribution < -0.4 is 5.73 Å². The molecule has 4 rings (SSSR count). The van der Waals surface area contributed by atoms with Gasteiger partial charge in [-0.15, -0.1) is 0 Å². The van der Waals surface area contributed by atoms with Gasteiger partial charge in [0.25, 0.3) is 0 Å². The number of ether oxygens (including phenoxy) is 1. The van der Waals surface area contributed by atoms with Crippen LogP contribution in [0.1, 0.15) is 48.5 Å². The summed E-state index contributed by atoms with van der Waals surface area (Å²) in [7, 11) is 0. The number of nitrogens with two attached hydrogens (primary N) is 1. The highest BCUT2D eigenvalue weighted by Gasteiger charge is 2.44. The smallest absolute Gasteiger partial charge is 0.113 e. The molecule has 5 atom stereocenters. The molecule has 1 aromatic rings. The second-order valence-electron chi connectivity index (χ2n) is 8.67. The molecular formula is C23H31NO5. The molecular weight excluding hydrogens is 370 g/mol. The first-order valence-electron chi connectivity index (χ1n) is 10.5. The minimum atomic E-state index is -1.39. The molecule has 29 heavy (non-hydrogen) atoms. The van der Waals surface area contributed by atoms with E-state index in [0.29, 0.717) is 5.69 Å². The average molecular weight is 402 g/mol. The first kappa shape index (κ1) is 20.6. The maximum Gasteiger partial charge on any atom is 0.113 e. The molecule has 1 aliphatic heterocycles. The predicted octanol–water partition coefficient (Wildman–Crippen LogP) is 1.69. The van der Waals surface area contributed by atoms with E-state index in [0.717, 1.165) is 41.9 Å². The second kappa shape index (κ2) is 8.20. The van der Waals surface area contributed by atoms with Crippen LogP contribution in [0.15, 0.2) is 35.4 Å². The third kappa shape index (κ3) is 4.13. The molecule has 0 unspecified atom stereocenters. The van der Waals surface area contributed by atoms with Crippen LogP contribution in [-0.2, 0) is 11.2 Å². The normalized spacial score (nSPS) is 32.7. The quantitative estimate of drug-likeness (QED) is 0.480. The zero-order valence-corrected chi connectivity index (χ0v) is 16.8. The van der Waals surface area contributed by atoms with Gasteiger partial charge in [0.2, 0.25) is 0 Å². The lowest BCUT2D eigenvalue weighted by molar-refractivity contribution is -0.231. The maximum absolute atomic E-state index is 10.5. The fourth-order valence-corrected chi connectivity index (χ4v) is 4.50. The highest BCUT2D eigenvalue weighted by Crippen LogP contribution is 2.41. The Morgan fingerprint density at radius 3 is 2.41 bits per heavy atom. The SMILES string of the molecule is Cc1cc(N)c(CC2=CC=C(C3CC3)CC2)cc1[C@@H]1O[C@H](CO)[C@@H](O)[C@H](O)[C@H]1O. The lowest BCUT2D eigenvalue weighted by Crippen LogP contribution is -2.55. The summed E-state index contributed by atoms with van der Waals surface area (Å²) in [6.45, 7) is 1.44. The van der Waals surface area contributed by atoms with Crippen molar-refractivity contribution in [3.63, 3.8) is 0 Å². The molecule has 6 N–H and O–H groups in total. The number of allylic oxidation sites excluding steroid dienone is 4. The summed E-state index contributed by atoms with van der Waals surface area (Å²) in [6.07, 6.45) is 4.18. The van der Waals surface area contributed by atoms with Crippen molar-refractivity contribution < 1.29 is 25.2 Å². The van der Waals surface area contributed by atoms with Crippen molar-refractivity contribution in [2.24, 2.45) is 5.92 Å². The number of anilines is 1. The maximum atomic E-state index is 10.5. The van der Waals surface area contributed by atoms with Crippen molar-refractivity contribution >= 4 is 5.69 Å². The molecule has 0 radical (unpaired) electrons. The Morgan fingerprint density at radius 1 is 1.03 bits per heavy atom. The molecule has 0 spiro atoms. The van der Waals surface area contributed by atoms with Gasteiger partial charge in [-0.2, -0.15) is 0 Å². The van der Waals surface area contributed by atoms with Crippen molar-refractivity contribution in [2.75, 3.05) is 12.3 Å². The van der Waals surface area contributed by atoms with E-state index in [1.165, 1.54) is 18.4 Å². The summed E-state index contributed by atoms with van der Waals surface area (Å²) in [5.74, 6) is 0.801. The van der Waals surface area contributed by atoms with Crippen molar-refractivity contribution in [1.29, 1.82) is 0 Å². The largest absolute Gasteiger partial charge is 0.398 e. The number of aliphatic hydroxyl groups excluding tert-OH is 4. The standard InChI is InChI=1S/C23H31NO5/c1-12-8-18(24)16(9-13-2-4-14(5-3-13)15-6-7-15)10-17(12)23-22(28)21(27)20(26)19(11-25)29-23/h2,4,8,10,15,19-23,25-28H,3,5-7,9,11,24H2,1H3/t19-,20-,21+,22-,23+/m1/s1. The molecule has 0 aromatic heterocycles. The second-order valence-corrected chi connectivity index (χ2v) is 8.67. The first-order chi connectivity index (χ1) is 13.9. The predicted molar refractivity (Wildman–Crippen MR) is 110 cm³/mol. The molecule has 2 aliphatic carbocycles. The van der Waals surface area contributed by atoms with Gasteiger partial charge < -0.3 is 30.9 Å². The van der Waals surface area contributed by atoms with E-state index < -0.39 is 37.1 Å². The number of hydrogen-bond donors (Lipinski definition) is 5. The van der Waals surface area contributed by atoms with Crippen LogP contribution in [0.4, 0.5) is 5.69 Å². The number of benzene rings is 1. The van der Waals surface area contributed by atoms with Gasteiger partial charge in [-0.1, -0.05) is 29.4 Å². The van der Waals surface area contributed by atoms with Gasteiger partial charge in [-0.25, -0.2) is 0 Å². The van der Waals surface area contributed by atoms with Crippen LogP contribution in [0.25, 0.3) is 0 Å². The van der Waals surface area contributed by atoms with Crippen LogP contribution in [0.2, 0.25) is 0 Å². The average Bonchev–Trinajstić information content (AvgIpc) is 3.55. The highest BCUT2D eigenvalue weighted by atomic mass is 16.5. The lowest BCUT2D eigenvalue weighted by atomic mass is 9.86. The van der Waals surface area contributed by atoms with Gasteiger partial charge in [-0.05, 0) is 67.7 Å². The molecule has 1 aromatic carbocycles. The molecule has 2 fully saturated rings. The Kier molecular flexibility index (Phi) is 5.82. The minimum Gasteiger partial charge on any atom is -0.398 e. The summed E-state index contributed by atoms with van der Waals surface area (Å²) < 4.78 is 5.75. The monoisotopic (exact) mass is 401 g/mol. The van der Waals surface area contributed by atoms with Gasteiger partial charge in [0, 0.05) is 5.69 Å². The molecule has 6 nitrogen and oxygen atoms in total. The summed E-state index contributed by atoms with van der Waals surface area (Å²) in [5, 5.41) is 40.2. The number of aliphatic hydroxyl groups is 4. The van der Waals surface area contributed by atoms with E-state index in [9.17, 15) is 20.4 Å². The number of rotatable bonds is 5. The van der Waals surface area contributed by atoms with Gasteiger partial charge in [0.15, 0.2) is 0 Å². The van der Waals surface area contributed by atoms with E-state index in [2.05, 4.69) is 12.2 Å². The number of nitrogen functional groups attached to an aromatic ring is 1. The topological polar surface area (TPSA) is 116 Å². The van der Waals surface area contributed by atoms with E-state index in [1.807, 2.05) is 19.1 Å². The van der Waals surface area contributed by atoms with E-state index in [4.69, 9.17) is 10.5 Å². The van der Waals surface area contributed by atoms with E-state index in [1.54, 1.807) is 5.57 Å². The molecule has 158 valence electrons. The van der Waals surface area contributed by atoms with Crippen LogP contribution in [0.3, 0.4) is 0 Å². The Balaban J connectivity index is 1.59. The first-order valence-corrected chi connectivity index (χ1v) is 10.5. The van der Waals surface area contributed by atoms with Crippen molar-refractivity contribution in [1.82, 2.24) is 0 Å². The van der Waals surface area contributed by atoms with Crippen LogP contribution in [-0.4, -0.2) is 51.4 Å². The molecule has 1 saturated heterocycles. The Bertz CT molecular complexity index is 827. The van der Waals surface area contributed by atoms with E-state index in [-0.39, 0.29) is 0 Å². The lowest BCUT2D eigenvalue weighted by Gasteiger charge is -2.40. The summed E-state index contributed by atoms with van der Waals surface area (Å²) >= 11 is 0. The molecule has 1 heterocycles. The molecule has 6 heteroatoms. The molecule has 0 amide bonds. The Labute approximate surface area is 171 Å². The van der Waals surface area contributed by atoms with Crippen molar-refractivity contribution in [2.45, 2.75) is 69.5 Å². The molecule has 0 bridgehead atoms. The third-order valence-corrected chi connectivity index (χ3v) is 6.51. The van der Waals surface area contributed by atoms with Gasteiger partial charge in [0.1, 0.15) is 30.5 Å². The van der Waals surface area contributed by atoms with Crippen molar-refractivity contribution in [3.8, 4) is 0 Å². The summed E-state index contributed by atoms with van der Waals surface area (Å²) in [4.78, 5) is 0. The number of aryl methyl sites for hydroxylation is 1. The Morgan fingerprint density at radius 2 is 1.79 bits per heavy atom. The minimum absolute atomic E-state index is 0.440. The fourth-order valence-electron chi connectivity index (χ4n) is 4.50. The number of hydrogen-bond acceptors (Lipinski definition) is 6. The highest BCUT2D eigenvalue weighted by molar-refractivity contribution is 5.54. The molecule has 1 saturated carbocycles. The van der Waals surface area contributed by atoms with E-state index >= 15 is 0 Å².